The average molecular weight is 576 g/mol. The van der Waals surface area contributed by atoms with Crippen molar-refractivity contribution >= 4 is 6.03 Å². The number of urea groups is 1. The van der Waals surface area contributed by atoms with Crippen molar-refractivity contribution in [2.24, 2.45) is 5.41 Å². The van der Waals surface area contributed by atoms with Gasteiger partial charge in [0.05, 0.1) is 23.2 Å². The summed E-state index contributed by atoms with van der Waals surface area (Å²) in [7, 11) is 1.36. The van der Waals surface area contributed by atoms with E-state index in [-0.39, 0.29) is 23.1 Å². The number of benzene rings is 2. The molecule has 0 bridgehead atoms. The van der Waals surface area contributed by atoms with Crippen LogP contribution in [0.4, 0.5) is 35.5 Å². The van der Waals surface area contributed by atoms with Crippen LogP contribution >= 0.6 is 0 Å². The molecule has 222 valence electrons. The molecule has 3 rings (SSSR count). The molecule has 2 aromatic rings. The van der Waals surface area contributed by atoms with Crippen molar-refractivity contribution < 1.29 is 35.5 Å². The summed E-state index contributed by atoms with van der Waals surface area (Å²) in [4.78, 5) is 16.5. The molecule has 2 aromatic carbocycles. The van der Waals surface area contributed by atoms with Gasteiger partial charge in [-0.3, -0.25) is 0 Å². The number of hydrogen-bond acceptors (Lipinski definition) is 2. The third kappa shape index (κ3) is 7.67. The van der Waals surface area contributed by atoms with Crippen molar-refractivity contribution in [1.82, 2.24) is 15.1 Å². The molecule has 1 fully saturated rings. The smallest absolute Gasteiger partial charge is 0.321 e. The van der Waals surface area contributed by atoms with E-state index in [1.807, 2.05) is 0 Å². The summed E-state index contributed by atoms with van der Waals surface area (Å²) in [5.74, 6) is -0.423. The first-order chi connectivity index (χ1) is 18.3. The van der Waals surface area contributed by atoms with Crippen molar-refractivity contribution in [2.45, 2.75) is 77.9 Å². The van der Waals surface area contributed by atoms with Gasteiger partial charge >= 0.3 is 18.4 Å². The second kappa shape index (κ2) is 11.6. The Bertz CT molecular complexity index is 1170. The van der Waals surface area contributed by atoms with Crippen LogP contribution in [0.5, 0.6) is 0 Å². The highest BCUT2D eigenvalue weighted by molar-refractivity contribution is 5.75. The number of nitrogens with zero attached hydrogens (tertiary/aromatic N) is 2. The number of carbonyl (C=O) groups is 1. The molecule has 0 aromatic heterocycles. The zero-order valence-corrected chi connectivity index (χ0v) is 23.5. The van der Waals surface area contributed by atoms with E-state index in [1.165, 1.54) is 26.1 Å². The Kier molecular flexibility index (Phi) is 9.18. The molecule has 0 spiro atoms. The quantitative estimate of drug-likeness (QED) is 0.366. The van der Waals surface area contributed by atoms with Gasteiger partial charge in [0, 0.05) is 26.2 Å². The van der Waals surface area contributed by atoms with Crippen molar-refractivity contribution in [3.8, 4) is 0 Å². The third-order valence-electron chi connectivity index (χ3n) is 7.34. The summed E-state index contributed by atoms with van der Waals surface area (Å²) in [5.41, 5.74) is -1.76. The normalized spacial score (nSPS) is 19.5. The highest BCUT2D eigenvalue weighted by Crippen LogP contribution is 2.39. The standard InChI is InChI=1S/C29H36F7N3O/c1-17-11-22(30)7-8-24(17)25-15-23(37-16-27(3,4)5)9-10-39(25)26(40)38(6)18(2)19-12-20(28(31,32)33)14-21(13-19)29(34,35)36/h7-8,11-14,18,23,25,37H,9-10,15-16H2,1-6H3/t18-,23-,25-/m1/s1. The lowest BCUT2D eigenvalue weighted by Crippen LogP contribution is -2.51. The fourth-order valence-corrected chi connectivity index (χ4v) is 4.95. The van der Waals surface area contributed by atoms with Gasteiger partial charge in [-0.1, -0.05) is 26.8 Å². The second-order valence-electron chi connectivity index (χ2n) is 11.8. The summed E-state index contributed by atoms with van der Waals surface area (Å²) in [6.45, 7) is 10.4. The maximum atomic E-state index is 13.9. The van der Waals surface area contributed by atoms with Gasteiger partial charge in [0.15, 0.2) is 0 Å². The molecule has 1 saturated heterocycles. The number of carbonyl (C=O) groups excluding carboxylic acids is 1. The monoisotopic (exact) mass is 575 g/mol. The van der Waals surface area contributed by atoms with Crippen LogP contribution in [0.2, 0.25) is 0 Å². The minimum absolute atomic E-state index is 0.0180. The summed E-state index contributed by atoms with van der Waals surface area (Å²) >= 11 is 0. The van der Waals surface area contributed by atoms with E-state index in [1.54, 1.807) is 17.9 Å². The first kappa shape index (κ1) is 31.7. The summed E-state index contributed by atoms with van der Waals surface area (Å²) < 4.78 is 94.5. The lowest BCUT2D eigenvalue weighted by atomic mass is 9.88. The van der Waals surface area contributed by atoms with Gasteiger partial charge in [0.2, 0.25) is 0 Å². The summed E-state index contributed by atoms with van der Waals surface area (Å²) in [5, 5.41) is 3.53. The molecule has 2 amide bonds. The molecule has 3 atom stereocenters. The van der Waals surface area contributed by atoms with Crippen molar-refractivity contribution in [3.63, 3.8) is 0 Å². The number of likely N-dealkylation sites (tertiary alicyclic amines) is 1. The third-order valence-corrected chi connectivity index (χ3v) is 7.34. The van der Waals surface area contributed by atoms with Gasteiger partial charge < -0.3 is 15.1 Å². The van der Waals surface area contributed by atoms with Crippen LogP contribution in [0.15, 0.2) is 36.4 Å². The van der Waals surface area contributed by atoms with Crippen molar-refractivity contribution in [2.75, 3.05) is 20.1 Å². The first-order valence-corrected chi connectivity index (χ1v) is 13.1. The molecule has 1 aliphatic rings. The number of aryl methyl sites for hydroxylation is 1. The second-order valence-corrected chi connectivity index (χ2v) is 11.8. The highest BCUT2D eigenvalue weighted by Gasteiger charge is 2.39. The van der Waals surface area contributed by atoms with Gasteiger partial charge in [0.1, 0.15) is 5.82 Å². The predicted octanol–water partition coefficient (Wildman–Crippen LogP) is 8.13. The summed E-state index contributed by atoms with van der Waals surface area (Å²) in [6, 6.07) is 3.61. The minimum Gasteiger partial charge on any atom is -0.321 e. The van der Waals surface area contributed by atoms with Crippen LogP contribution in [-0.2, 0) is 12.4 Å². The minimum atomic E-state index is -4.99. The van der Waals surface area contributed by atoms with Crippen molar-refractivity contribution in [1.29, 1.82) is 0 Å². The SMILES string of the molecule is Cc1cc(F)ccc1[C@H]1C[C@H](NCC(C)(C)C)CCN1C(=O)N(C)[C@H](C)c1cc(C(F)(F)F)cc(C(F)(F)F)c1. The van der Waals surface area contributed by atoms with Crippen LogP contribution in [0, 0.1) is 18.2 Å². The van der Waals surface area contributed by atoms with E-state index in [2.05, 4.69) is 26.1 Å². The maximum absolute atomic E-state index is 13.9. The van der Waals surface area contributed by atoms with Crippen LogP contribution in [0.1, 0.15) is 80.4 Å². The first-order valence-electron chi connectivity index (χ1n) is 13.1. The van der Waals surface area contributed by atoms with E-state index >= 15 is 0 Å². The molecular formula is C29H36F7N3O. The Balaban J connectivity index is 1.94. The van der Waals surface area contributed by atoms with E-state index < -0.39 is 47.4 Å². The molecule has 4 nitrogen and oxygen atoms in total. The fraction of sp³-hybridized carbons (Fsp3) is 0.552. The van der Waals surface area contributed by atoms with Gasteiger partial charge in [-0.25, -0.2) is 9.18 Å². The van der Waals surface area contributed by atoms with Crippen LogP contribution < -0.4 is 5.32 Å². The Morgan fingerprint density at radius 1 is 1.02 bits per heavy atom. The zero-order chi connectivity index (χ0) is 30.2. The number of hydrogen-bond donors (Lipinski definition) is 1. The number of alkyl halides is 6. The highest BCUT2D eigenvalue weighted by atomic mass is 19.4. The van der Waals surface area contributed by atoms with Crippen LogP contribution in [-0.4, -0.2) is 42.0 Å². The lowest BCUT2D eigenvalue weighted by molar-refractivity contribution is -0.143. The van der Waals surface area contributed by atoms with Gasteiger partial charge in [-0.15, -0.1) is 0 Å². The van der Waals surface area contributed by atoms with E-state index in [9.17, 15) is 35.5 Å². The number of piperidine rings is 1. The fourth-order valence-electron chi connectivity index (χ4n) is 4.95. The Morgan fingerprint density at radius 3 is 2.10 bits per heavy atom. The molecule has 11 heteroatoms. The Hall–Kier alpha value is -2.82. The molecular weight excluding hydrogens is 539 g/mol. The van der Waals surface area contributed by atoms with Crippen molar-refractivity contribution in [3.05, 3.63) is 70.0 Å². The predicted molar refractivity (Wildman–Crippen MR) is 139 cm³/mol. The van der Waals surface area contributed by atoms with Gasteiger partial charge in [-0.2, -0.15) is 26.3 Å². The number of halogens is 7. The molecule has 0 radical (unpaired) electrons. The lowest BCUT2D eigenvalue weighted by Gasteiger charge is -2.43. The zero-order valence-electron chi connectivity index (χ0n) is 23.5. The molecule has 1 N–H and O–H groups in total. The van der Waals surface area contributed by atoms with Gasteiger partial charge in [-0.05, 0) is 79.1 Å². The number of amides is 2. The molecule has 0 unspecified atom stereocenters. The molecule has 1 heterocycles. The average Bonchev–Trinajstić information content (AvgIpc) is 2.84. The number of nitrogens with one attached hydrogen (secondary N) is 1. The Labute approximate surface area is 230 Å². The van der Waals surface area contributed by atoms with E-state index in [0.29, 0.717) is 37.1 Å². The molecule has 0 aliphatic carbocycles. The largest absolute Gasteiger partial charge is 0.416 e. The summed E-state index contributed by atoms with van der Waals surface area (Å²) in [6.07, 6.45) is -8.88. The van der Waals surface area contributed by atoms with Crippen LogP contribution in [0.25, 0.3) is 0 Å². The van der Waals surface area contributed by atoms with Gasteiger partial charge in [0.25, 0.3) is 0 Å². The Morgan fingerprint density at radius 2 is 1.60 bits per heavy atom. The molecule has 40 heavy (non-hydrogen) atoms. The van der Waals surface area contributed by atoms with Crippen LogP contribution in [0.3, 0.4) is 0 Å². The topological polar surface area (TPSA) is 35.6 Å². The van der Waals surface area contributed by atoms with E-state index in [0.717, 1.165) is 17.0 Å². The molecule has 0 saturated carbocycles. The maximum Gasteiger partial charge on any atom is 0.416 e. The molecule has 1 aliphatic heterocycles. The van der Waals surface area contributed by atoms with E-state index in [4.69, 9.17) is 0 Å². The number of rotatable bonds is 5.